The van der Waals surface area contributed by atoms with Crippen molar-refractivity contribution in [3.63, 3.8) is 0 Å². The SMILES string of the molecule is Cc1cnc(NCCCS(N)(=O)=O)c(N)c1. The molecule has 1 rings (SSSR count). The van der Waals surface area contributed by atoms with Gasteiger partial charge in [-0.05, 0) is 25.0 Å². The summed E-state index contributed by atoms with van der Waals surface area (Å²) in [6.45, 7) is 2.37. The van der Waals surface area contributed by atoms with Crippen molar-refractivity contribution < 1.29 is 8.42 Å². The highest BCUT2D eigenvalue weighted by Crippen LogP contribution is 2.15. The number of nitrogen functional groups attached to an aromatic ring is 1. The molecule has 0 unspecified atom stereocenters. The Morgan fingerprint density at radius 1 is 1.50 bits per heavy atom. The van der Waals surface area contributed by atoms with Gasteiger partial charge in [0.2, 0.25) is 10.0 Å². The molecule has 16 heavy (non-hydrogen) atoms. The number of nitrogens with one attached hydrogen (secondary N) is 1. The molecule has 1 aromatic rings. The smallest absolute Gasteiger partial charge is 0.209 e. The third kappa shape index (κ3) is 4.45. The van der Waals surface area contributed by atoms with Crippen molar-refractivity contribution in [2.24, 2.45) is 5.14 Å². The van der Waals surface area contributed by atoms with E-state index in [-0.39, 0.29) is 5.75 Å². The van der Waals surface area contributed by atoms with Gasteiger partial charge in [0, 0.05) is 12.7 Å². The first-order valence-electron chi connectivity index (χ1n) is 4.85. The first kappa shape index (κ1) is 12.7. The summed E-state index contributed by atoms with van der Waals surface area (Å²) in [6, 6.07) is 1.80. The summed E-state index contributed by atoms with van der Waals surface area (Å²) in [5, 5.41) is 7.83. The number of rotatable bonds is 5. The summed E-state index contributed by atoms with van der Waals surface area (Å²) in [5.74, 6) is 0.520. The Hall–Kier alpha value is -1.34. The Morgan fingerprint density at radius 3 is 2.75 bits per heavy atom. The number of anilines is 2. The van der Waals surface area contributed by atoms with Gasteiger partial charge in [-0.1, -0.05) is 0 Å². The second-order valence-electron chi connectivity index (χ2n) is 3.60. The van der Waals surface area contributed by atoms with Gasteiger partial charge in [-0.2, -0.15) is 0 Å². The summed E-state index contributed by atoms with van der Waals surface area (Å²) in [7, 11) is -3.39. The number of hydrogen-bond donors (Lipinski definition) is 3. The maximum absolute atomic E-state index is 10.7. The van der Waals surface area contributed by atoms with E-state index >= 15 is 0 Å². The van der Waals surface area contributed by atoms with Crippen LogP contribution >= 0.6 is 0 Å². The van der Waals surface area contributed by atoms with E-state index in [0.29, 0.717) is 24.5 Å². The number of nitrogens with zero attached hydrogens (tertiary/aromatic N) is 1. The number of sulfonamides is 1. The van der Waals surface area contributed by atoms with E-state index in [1.54, 1.807) is 12.3 Å². The molecular formula is C9H16N4O2S. The fraction of sp³-hybridized carbons (Fsp3) is 0.444. The van der Waals surface area contributed by atoms with Crippen LogP contribution in [0.2, 0.25) is 0 Å². The van der Waals surface area contributed by atoms with Gasteiger partial charge >= 0.3 is 0 Å². The summed E-state index contributed by atoms with van der Waals surface area (Å²) in [5.41, 5.74) is 7.25. The van der Waals surface area contributed by atoms with E-state index in [1.807, 2.05) is 6.92 Å². The lowest BCUT2D eigenvalue weighted by Gasteiger charge is -2.08. The molecule has 90 valence electrons. The number of aromatic nitrogens is 1. The number of aryl methyl sites for hydroxylation is 1. The van der Waals surface area contributed by atoms with Crippen LogP contribution in [0.4, 0.5) is 11.5 Å². The minimum Gasteiger partial charge on any atom is -0.396 e. The lowest BCUT2D eigenvalue weighted by Crippen LogP contribution is -2.19. The number of pyridine rings is 1. The lowest BCUT2D eigenvalue weighted by atomic mass is 10.3. The third-order valence-corrected chi connectivity index (χ3v) is 2.81. The molecule has 0 aliphatic heterocycles. The minimum absolute atomic E-state index is 0.0498. The predicted molar refractivity (Wildman–Crippen MR) is 64.5 cm³/mol. The van der Waals surface area contributed by atoms with Gasteiger partial charge in [0.05, 0.1) is 11.4 Å². The number of hydrogen-bond acceptors (Lipinski definition) is 5. The van der Waals surface area contributed by atoms with Crippen LogP contribution in [0.25, 0.3) is 0 Å². The molecule has 0 aromatic carbocycles. The topological polar surface area (TPSA) is 111 Å². The van der Waals surface area contributed by atoms with E-state index in [9.17, 15) is 8.42 Å². The molecule has 7 heteroatoms. The second kappa shape index (κ2) is 5.13. The molecule has 1 heterocycles. The molecule has 0 bridgehead atoms. The van der Waals surface area contributed by atoms with E-state index < -0.39 is 10.0 Å². The third-order valence-electron chi connectivity index (χ3n) is 1.95. The number of nitrogens with two attached hydrogens (primary N) is 2. The maximum atomic E-state index is 10.7. The molecule has 0 radical (unpaired) electrons. The maximum Gasteiger partial charge on any atom is 0.209 e. The van der Waals surface area contributed by atoms with Gasteiger partial charge in [0.15, 0.2) is 0 Å². The van der Waals surface area contributed by atoms with Gasteiger partial charge in [0.25, 0.3) is 0 Å². The summed E-state index contributed by atoms with van der Waals surface area (Å²) in [6.07, 6.45) is 2.12. The zero-order chi connectivity index (χ0) is 12.2. The van der Waals surface area contributed by atoms with Crippen LogP contribution in [-0.4, -0.2) is 25.7 Å². The monoisotopic (exact) mass is 244 g/mol. The average Bonchev–Trinajstić information content (AvgIpc) is 2.13. The van der Waals surface area contributed by atoms with Gasteiger partial charge in [-0.15, -0.1) is 0 Å². The normalized spacial score (nSPS) is 11.4. The van der Waals surface area contributed by atoms with Crippen molar-refractivity contribution >= 4 is 21.5 Å². The molecular weight excluding hydrogens is 228 g/mol. The molecule has 0 atom stereocenters. The Kier molecular flexibility index (Phi) is 4.08. The zero-order valence-corrected chi connectivity index (χ0v) is 9.92. The van der Waals surface area contributed by atoms with Crippen LogP contribution in [0.3, 0.4) is 0 Å². The highest BCUT2D eigenvalue weighted by atomic mass is 32.2. The van der Waals surface area contributed by atoms with Crippen LogP contribution in [0.15, 0.2) is 12.3 Å². The predicted octanol–water partition coefficient (Wildman–Crippen LogP) is 0.0627. The summed E-state index contributed by atoms with van der Waals surface area (Å²) >= 11 is 0. The Balaban J connectivity index is 2.43. The zero-order valence-electron chi connectivity index (χ0n) is 9.10. The summed E-state index contributed by atoms with van der Waals surface area (Å²) < 4.78 is 21.3. The van der Waals surface area contributed by atoms with Crippen molar-refractivity contribution in [3.05, 3.63) is 17.8 Å². The molecule has 0 aliphatic rings. The van der Waals surface area contributed by atoms with Gasteiger partial charge in [0.1, 0.15) is 5.82 Å². The first-order valence-corrected chi connectivity index (χ1v) is 6.56. The molecule has 0 fully saturated rings. The molecule has 5 N–H and O–H groups in total. The van der Waals surface area contributed by atoms with Gasteiger partial charge in [-0.3, -0.25) is 0 Å². The fourth-order valence-corrected chi connectivity index (χ4v) is 1.77. The standard InChI is InChI=1S/C9H16N4O2S/c1-7-5-8(10)9(13-6-7)12-3-2-4-16(11,14)15/h5-6H,2-4,10H2,1H3,(H,12,13)(H2,11,14,15). The van der Waals surface area contributed by atoms with Crippen LogP contribution < -0.4 is 16.2 Å². The molecule has 0 aliphatic carbocycles. The van der Waals surface area contributed by atoms with Gasteiger partial charge < -0.3 is 11.1 Å². The van der Waals surface area contributed by atoms with Crippen LogP contribution in [-0.2, 0) is 10.0 Å². The lowest BCUT2D eigenvalue weighted by molar-refractivity contribution is 0.596. The fourth-order valence-electron chi connectivity index (χ4n) is 1.22. The molecule has 0 spiro atoms. The second-order valence-corrected chi connectivity index (χ2v) is 5.33. The Labute approximate surface area is 95.1 Å². The van der Waals surface area contributed by atoms with E-state index in [0.717, 1.165) is 5.56 Å². The van der Waals surface area contributed by atoms with Crippen LogP contribution in [0.1, 0.15) is 12.0 Å². The average molecular weight is 244 g/mol. The van der Waals surface area contributed by atoms with E-state index in [2.05, 4.69) is 10.3 Å². The highest BCUT2D eigenvalue weighted by Gasteiger charge is 2.03. The first-order chi connectivity index (χ1) is 7.38. The summed E-state index contributed by atoms with van der Waals surface area (Å²) in [4.78, 5) is 4.09. The van der Waals surface area contributed by atoms with E-state index in [4.69, 9.17) is 10.9 Å². The largest absolute Gasteiger partial charge is 0.396 e. The quantitative estimate of drug-likeness (QED) is 0.634. The van der Waals surface area contributed by atoms with Crippen LogP contribution in [0, 0.1) is 6.92 Å². The van der Waals surface area contributed by atoms with Crippen molar-refractivity contribution in [1.82, 2.24) is 4.98 Å². The van der Waals surface area contributed by atoms with Crippen molar-refractivity contribution in [2.75, 3.05) is 23.3 Å². The molecule has 0 amide bonds. The molecule has 0 saturated carbocycles. The van der Waals surface area contributed by atoms with Crippen molar-refractivity contribution in [3.8, 4) is 0 Å². The van der Waals surface area contributed by atoms with E-state index in [1.165, 1.54) is 0 Å². The van der Waals surface area contributed by atoms with Crippen molar-refractivity contribution in [2.45, 2.75) is 13.3 Å². The highest BCUT2D eigenvalue weighted by molar-refractivity contribution is 7.89. The van der Waals surface area contributed by atoms with Crippen LogP contribution in [0.5, 0.6) is 0 Å². The van der Waals surface area contributed by atoms with Crippen molar-refractivity contribution in [1.29, 1.82) is 0 Å². The minimum atomic E-state index is -3.39. The Morgan fingerprint density at radius 2 is 2.19 bits per heavy atom. The molecule has 1 aromatic heterocycles. The Bertz CT molecular complexity index is 459. The molecule has 0 saturated heterocycles. The number of primary sulfonamides is 1. The van der Waals surface area contributed by atoms with Gasteiger partial charge in [-0.25, -0.2) is 18.5 Å². The molecule has 6 nitrogen and oxygen atoms in total.